The van der Waals surface area contributed by atoms with Crippen LogP contribution in [-0.4, -0.2) is 9.78 Å². The first-order valence-corrected chi connectivity index (χ1v) is 6.04. The summed E-state index contributed by atoms with van der Waals surface area (Å²) in [7, 11) is 1.87. The van der Waals surface area contributed by atoms with Gasteiger partial charge in [-0.15, -0.1) is 0 Å². The number of hydrogen-bond donors (Lipinski definition) is 0. The van der Waals surface area contributed by atoms with Gasteiger partial charge in [0, 0.05) is 20.2 Å². The molecule has 1 aliphatic heterocycles. The molecule has 17 heavy (non-hydrogen) atoms. The molecule has 0 saturated heterocycles. The Balaban J connectivity index is 2.03. The predicted octanol–water partition coefficient (Wildman–Crippen LogP) is 2.83. The summed E-state index contributed by atoms with van der Waals surface area (Å²) in [6.07, 6.45) is 1.87. The van der Waals surface area contributed by atoms with Gasteiger partial charge in [-0.1, -0.05) is 6.07 Å². The highest BCUT2D eigenvalue weighted by Gasteiger charge is 2.41. The summed E-state index contributed by atoms with van der Waals surface area (Å²) < 4.78 is 14.3. The average Bonchev–Trinajstić information content (AvgIpc) is 2.84. The van der Waals surface area contributed by atoms with Gasteiger partial charge in [0.1, 0.15) is 5.69 Å². The Kier molecular flexibility index (Phi) is 2.19. The van der Waals surface area contributed by atoms with Gasteiger partial charge < -0.3 is 9.47 Å². The molecule has 2 aromatic rings. The molecule has 0 aliphatic carbocycles. The van der Waals surface area contributed by atoms with Crippen molar-refractivity contribution in [1.82, 2.24) is 9.78 Å². The fourth-order valence-electron chi connectivity index (χ4n) is 1.86. The Morgan fingerprint density at radius 2 is 2.12 bits per heavy atom. The highest BCUT2D eigenvalue weighted by molar-refractivity contribution is 9.10. The molecule has 0 N–H and O–H groups in total. The highest BCUT2D eigenvalue weighted by Crippen LogP contribution is 2.47. The van der Waals surface area contributed by atoms with Crippen molar-refractivity contribution in [3.63, 3.8) is 0 Å². The van der Waals surface area contributed by atoms with Crippen molar-refractivity contribution in [1.29, 1.82) is 0 Å². The topological polar surface area (TPSA) is 36.3 Å². The zero-order chi connectivity index (χ0) is 12.0. The van der Waals surface area contributed by atoms with E-state index in [1.807, 2.05) is 44.4 Å². The van der Waals surface area contributed by atoms with Crippen molar-refractivity contribution in [3.8, 4) is 11.5 Å². The molecule has 2 heterocycles. The van der Waals surface area contributed by atoms with E-state index >= 15 is 0 Å². The number of benzene rings is 1. The zero-order valence-electron chi connectivity index (χ0n) is 9.48. The Morgan fingerprint density at radius 3 is 2.76 bits per heavy atom. The molecule has 0 spiro atoms. The number of rotatable bonds is 1. The number of aryl methyl sites for hydroxylation is 1. The van der Waals surface area contributed by atoms with E-state index in [0.717, 1.165) is 21.7 Å². The minimum atomic E-state index is -0.854. The smallest absolute Gasteiger partial charge is 0.294 e. The lowest BCUT2D eigenvalue weighted by molar-refractivity contribution is -0.0723. The zero-order valence-corrected chi connectivity index (χ0v) is 11.1. The summed E-state index contributed by atoms with van der Waals surface area (Å²) in [5.41, 5.74) is 0.753. The Bertz CT molecular complexity index is 582. The lowest BCUT2D eigenvalue weighted by Crippen LogP contribution is -2.32. The number of para-hydroxylation sites is 1. The van der Waals surface area contributed by atoms with Crippen LogP contribution in [0.3, 0.4) is 0 Å². The van der Waals surface area contributed by atoms with Gasteiger partial charge >= 0.3 is 0 Å². The summed E-state index contributed by atoms with van der Waals surface area (Å²) >= 11 is 3.45. The number of aromatic nitrogens is 2. The van der Waals surface area contributed by atoms with Gasteiger partial charge in [0.25, 0.3) is 5.79 Å². The molecule has 1 unspecified atom stereocenters. The van der Waals surface area contributed by atoms with E-state index in [0.29, 0.717) is 0 Å². The standard InChI is InChI=1S/C12H11BrN2O2/c1-12(10-6-7-15(2)14-10)16-9-5-3-4-8(13)11(9)17-12/h3-7H,1-2H3. The summed E-state index contributed by atoms with van der Waals surface area (Å²) in [6.45, 7) is 1.86. The van der Waals surface area contributed by atoms with Gasteiger partial charge in [0.2, 0.25) is 0 Å². The molecule has 5 heteroatoms. The van der Waals surface area contributed by atoms with Crippen LogP contribution in [0, 0.1) is 0 Å². The van der Waals surface area contributed by atoms with Crippen LogP contribution in [-0.2, 0) is 12.8 Å². The lowest BCUT2D eigenvalue weighted by Gasteiger charge is -2.20. The van der Waals surface area contributed by atoms with Crippen molar-refractivity contribution in [2.24, 2.45) is 7.05 Å². The second kappa shape index (κ2) is 3.50. The third kappa shape index (κ3) is 1.61. The fourth-order valence-corrected chi connectivity index (χ4v) is 2.28. The average molecular weight is 295 g/mol. The third-order valence-electron chi connectivity index (χ3n) is 2.71. The largest absolute Gasteiger partial charge is 0.443 e. The van der Waals surface area contributed by atoms with Gasteiger partial charge in [-0.05, 0) is 34.1 Å². The van der Waals surface area contributed by atoms with Crippen LogP contribution in [0.5, 0.6) is 11.5 Å². The Labute approximate surface area is 107 Å². The van der Waals surface area contributed by atoms with Gasteiger partial charge in [-0.25, -0.2) is 0 Å². The molecular weight excluding hydrogens is 284 g/mol. The molecule has 1 aromatic heterocycles. The summed E-state index contributed by atoms with van der Waals surface area (Å²) in [5.74, 6) is 0.598. The summed E-state index contributed by atoms with van der Waals surface area (Å²) in [4.78, 5) is 0. The normalized spacial score (nSPS) is 21.8. The molecular formula is C12H11BrN2O2. The number of hydrogen-bond acceptors (Lipinski definition) is 3. The number of nitrogens with zero attached hydrogens (tertiary/aromatic N) is 2. The molecule has 1 atom stereocenters. The van der Waals surface area contributed by atoms with E-state index in [4.69, 9.17) is 9.47 Å². The molecule has 1 aromatic carbocycles. The molecule has 0 saturated carbocycles. The summed E-state index contributed by atoms with van der Waals surface area (Å²) in [6, 6.07) is 7.61. The van der Waals surface area contributed by atoms with Crippen molar-refractivity contribution < 1.29 is 9.47 Å². The number of fused-ring (bicyclic) bond motifs is 1. The van der Waals surface area contributed by atoms with E-state index in [1.165, 1.54) is 0 Å². The predicted molar refractivity (Wildman–Crippen MR) is 66.0 cm³/mol. The van der Waals surface area contributed by atoms with E-state index < -0.39 is 5.79 Å². The van der Waals surface area contributed by atoms with Crippen molar-refractivity contribution in [2.75, 3.05) is 0 Å². The number of ether oxygens (including phenoxy) is 2. The van der Waals surface area contributed by atoms with E-state index in [1.54, 1.807) is 4.68 Å². The lowest BCUT2D eigenvalue weighted by atomic mass is 10.2. The molecule has 1 aliphatic rings. The molecule has 0 bridgehead atoms. The minimum Gasteiger partial charge on any atom is -0.443 e. The Hall–Kier alpha value is -1.49. The SMILES string of the molecule is Cn1ccc(C2(C)Oc3cccc(Br)c3O2)n1. The quantitative estimate of drug-likeness (QED) is 0.811. The van der Waals surface area contributed by atoms with Crippen molar-refractivity contribution in [2.45, 2.75) is 12.7 Å². The fraction of sp³-hybridized carbons (Fsp3) is 0.250. The van der Waals surface area contributed by atoms with Gasteiger partial charge in [-0.3, -0.25) is 4.68 Å². The van der Waals surface area contributed by atoms with Crippen molar-refractivity contribution in [3.05, 3.63) is 40.6 Å². The Morgan fingerprint density at radius 1 is 1.29 bits per heavy atom. The van der Waals surface area contributed by atoms with Crippen LogP contribution in [0.2, 0.25) is 0 Å². The van der Waals surface area contributed by atoms with E-state index in [2.05, 4.69) is 21.0 Å². The first kappa shape index (κ1) is 10.7. The van der Waals surface area contributed by atoms with E-state index in [-0.39, 0.29) is 0 Å². The maximum atomic E-state index is 5.88. The first-order chi connectivity index (χ1) is 8.08. The van der Waals surface area contributed by atoms with Gasteiger partial charge in [0.05, 0.1) is 4.47 Å². The van der Waals surface area contributed by atoms with Gasteiger partial charge in [0.15, 0.2) is 11.5 Å². The molecule has 88 valence electrons. The number of halogens is 1. The van der Waals surface area contributed by atoms with Crippen LogP contribution < -0.4 is 9.47 Å². The van der Waals surface area contributed by atoms with Gasteiger partial charge in [-0.2, -0.15) is 5.10 Å². The van der Waals surface area contributed by atoms with Crippen LogP contribution >= 0.6 is 15.9 Å². The second-order valence-electron chi connectivity index (χ2n) is 4.09. The third-order valence-corrected chi connectivity index (χ3v) is 3.34. The maximum absolute atomic E-state index is 5.88. The monoisotopic (exact) mass is 294 g/mol. The molecule has 4 nitrogen and oxygen atoms in total. The van der Waals surface area contributed by atoms with Crippen LogP contribution in [0.1, 0.15) is 12.6 Å². The van der Waals surface area contributed by atoms with Crippen LogP contribution in [0.4, 0.5) is 0 Å². The molecule has 0 fully saturated rings. The summed E-state index contributed by atoms with van der Waals surface area (Å²) in [5, 5.41) is 4.33. The maximum Gasteiger partial charge on any atom is 0.294 e. The molecule has 3 rings (SSSR count). The first-order valence-electron chi connectivity index (χ1n) is 5.25. The minimum absolute atomic E-state index is 0.723. The van der Waals surface area contributed by atoms with Crippen molar-refractivity contribution >= 4 is 15.9 Å². The van der Waals surface area contributed by atoms with Crippen LogP contribution in [0.15, 0.2) is 34.9 Å². The second-order valence-corrected chi connectivity index (χ2v) is 4.95. The highest BCUT2D eigenvalue weighted by atomic mass is 79.9. The van der Waals surface area contributed by atoms with E-state index in [9.17, 15) is 0 Å². The molecule has 0 amide bonds. The molecule has 0 radical (unpaired) electrons. The van der Waals surface area contributed by atoms with Crippen LogP contribution in [0.25, 0.3) is 0 Å².